The van der Waals surface area contributed by atoms with Crippen molar-refractivity contribution < 1.29 is 9.72 Å². The Labute approximate surface area is 142 Å². The summed E-state index contributed by atoms with van der Waals surface area (Å²) in [5.74, 6) is 0.523. The van der Waals surface area contributed by atoms with Gasteiger partial charge in [-0.15, -0.1) is 0 Å². The summed E-state index contributed by atoms with van der Waals surface area (Å²) in [5.41, 5.74) is 0.939. The van der Waals surface area contributed by atoms with Gasteiger partial charge in [-0.2, -0.15) is 0 Å². The number of rotatable bonds is 7. The molecule has 1 aromatic rings. The van der Waals surface area contributed by atoms with Crippen molar-refractivity contribution in [1.82, 2.24) is 10.2 Å². The number of nitro groups is 1. The van der Waals surface area contributed by atoms with Gasteiger partial charge in [0.15, 0.2) is 0 Å². The van der Waals surface area contributed by atoms with Crippen molar-refractivity contribution >= 4 is 17.3 Å². The van der Waals surface area contributed by atoms with E-state index in [0.29, 0.717) is 17.2 Å². The summed E-state index contributed by atoms with van der Waals surface area (Å²) in [6.45, 7) is 4.87. The molecule has 0 saturated carbocycles. The third kappa shape index (κ3) is 5.01. The molecule has 24 heavy (non-hydrogen) atoms. The molecule has 2 N–H and O–H groups in total. The molecule has 0 radical (unpaired) electrons. The first kappa shape index (κ1) is 18.4. The fourth-order valence-corrected chi connectivity index (χ4v) is 3.13. The van der Waals surface area contributed by atoms with E-state index >= 15 is 0 Å². The first-order valence-corrected chi connectivity index (χ1v) is 8.42. The van der Waals surface area contributed by atoms with E-state index in [1.54, 1.807) is 19.1 Å². The van der Waals surface area contributed by atoms with Crippen LogP contribution in [-0.2, 0) is 4.79 Å². The highest BCUT2D eigenvalue weighted by Crippen LogP contribution is 2.27. The molecule has 7 nitrogen and oxygen atoms in total. The van der Waals surface area contributed by atoms with Crippen LogP contribution in [0.15, 0.2) is 18.2 Å². The first-order valence-electron chi connectivity index (χ1n) is 8.42. The predicted octanol–water partition coefficient (Wildman–Crippen LogP) is 2.16. The van der Waals surface area contributed by atoms with Crippen molar-refractivity contribution in [3.63, 3.8) is 0 Å². The minimum absolute atomic E-state index is 0.0610. The summed E-state index contributed by atoms with van der Waals surface area (Å²) in [4.78, 5) is 25.0. The Hall–Kier alpha value is -1.99. The first-order chi connectivity index (χ1) is 11.5. The number of nitrogens with zero attached hydrogens (tertiary/aromatic N) is 2. The van der Waals surface area contributed by atoms with Gasteiger partial charge in [-0.3, -0.25) is 19.8 Å². The van der Waals surface area contributed by atoms with Gasteiger partial charge in [-0.05, 0) is 64.3 Å². The van der Waals surface area contributed by atoms with Crippen LogP contribution in [0.2, 0.25) is 0 Å². The van der Waals surface area contributed by atoms with Crippen LogP contribution in [0.3, 0.4) is 0 Å². The van der Waals surface area contributed by atoms with E-state index in [0.717, 1.165) is 32.5 Å². The van der Waals surface area contributed by atoms with Crippen LogP contribution < -0.4 is 10.6 Å². The topological polar surface area (TPSA) is 87.5 Å². The third-order valence-electron chi connectivity index (χ3n) is 4.59. The molecule has 0 aromatic heterocycles. The lowest BCUT2D eigenvalue weighted by Gasteiger charge is -2.31. The zero-order valence-electron chi connectivity index (χ0n) is 14.4. The maximum Gasteiger partial charge on any atom is 0.293 e. The van der Waals surface area contributed by atoms with Gasteiger partial charge in [0, 0.05) is 6.07 Å². The minimum Gasteiger partial charge on any atom is -0.320 e. The summed E-state index contributed by atoms with van der Waals surface area (Å²) in [5, 5.41) is 17.0. The number of carbonyl (C=O) groups is 1. The zero-order valence-corrected chi connectivity index (χ0v) is 14.4. The molecule has 1 fully saturated rings. The lowest BCUT2D eigenvalue weighted by molar-refractivity contribution is -0.384. The van der Waals surface area contributed by atoms with Gasteiger partial charge in [0.25, 0.3) is 5.69 Å². The second-order valence-corrected chi connectivity index (χ2v) is 6.39. The van der Waals surface area contributed by atoms with Gasteiger partial charge in [-0.25, -0.2) is 0 Å². The van der Waals surface area contributed by atoms with Crippen LogP contribution in [0.5, 0.6) is 0 Å². The highest BCUT2D eigenvalue weighted by molar-refractivity contribution is 5.95. The Bertz CT molecular complexity index is 583. The van der Waals surface area contributed by atoms with Gasteiger partial charge < -0.3 is 10.6 Å². The van der Waals surface area contributed by atoms with E-state index in [2.05, 4.69) is 15.5 Å². The van der Waals surface area contributed by atoms with E-state index in [1.807, 2.05) is 7.05 Å². The number of anilines is 1. The van der Waals surface area contributed by atoms with Crippen molar-refractivity contribution in [3.05, 3.63) is 33.9 Å². The van der Waals surface area contributed by atoms with Crippen LogP contribution in [0.1, 0.15) is 24.8 Å². The maximum atomic E-state index is 12.3. The summed E-state index contributed by atoms with van der Waals surface area (Å²) in [6, 6.07) is 4.80. The zero-order chi connectivity index (χ0) is 17.5. The van der Waals surface area contributed by atoms with Gasteiger partial charge in [-0.1, -0.05) is 12.1 Å². The summed E-state index contributed by atoms with van der Waals surface area (Å²) < 4.78 is 0. The molecular weight excluding hydrogens is 308 g/mol. The molecule has 0 spiro atoms. The van der Waals surface area contributed by atoms with Gasteiger partial charge >= 0.3 is 0 Å². The molecule has 0 bridgehead atoms. The van der Waals surface area contributed by atoms with Gasteiger partial charge in [0.2, 0.25) is 5.91 Å². The molecule has 1 heterocycles. The number of nitrogens with one attached hydrogen (secondary N) is 2. The van der Waals surface area contributed by atoms with Crippen molar-refractivity contribution in [3.8, 4) is 0 Å². The molecule has 0 unspecified atom stereocenters. The molecule has 0 aliphatic carbocycles. The monoisotopic (exact) mass is 334 g/mol. The van der Waals surface area contributed by atoms with Crippen LogP contribution in [0, 0.1) is 23.0 Å². The standard InChI is InChI=1S/C17H26N4O3/c1-13-4-3-5-15(21(23)24)17(13)19-16(22)12-20-10-7-14(8-11-20)6-9-18-2/h3-5,14,18H,6-12H2,1-2H3,(H,19,22). The number of piperidine rings is 1. The van der Waals surface area contributed by atoms with E-state index in [1.165, 1.54) is 12.5 Å². The summed E-state index contributed by atoms with van der Waals surface area (Å²) in [7, 11) is 1.96. The Kier molecular flexibility index (Phi) is 6.69. The lowest BCUT2D eigenvalue weighted by atomic mass is 9.93. The quantitative estimate of drug-likeness (QED) is 0.589. The minimum atomic E-state index is -0.462. The van der Waals surface area contributed by atoms with Crippen LogP contribution in [-0.4, -0.2) is 49.0 Å². The number of likely N-dealkylation sites (tertiary alicyclic amines) is 1. The van der Waals surface area contributed by atoms with Crippen molar-refractivity contribution in [2.75, 3.05) is 38.5 Å². The number of amides is 1. The number of para-hydroxylation sites is 1. The molecule has 132 valence electrons. The SMILES string of the molecule is CNCCC1CCN(CC(=O)Nc2c(C)cccc2[N+](=O)[O-])CC1. The van der Waals surface area contributed by atoms with Crippen LogP contribution >= 0.6 is 0 Å². The molecular formula is C17H26N4O3. The summed E-state index contributed by atoms with van der Waals surface area (Å²) in [6.07, 6.45) is 3.37. The Morgan fingerprint density at radius 2 is 2.08 bits per heavy atom. The van der Waals surface area contributed by atoms with Gasteiger partial charge in [0.1, 0.15) is 5.69 Å². The smallest absolute Gasteiger partial charge is 0.293 e. The van der Waals surface area contributed by atoms with E-state index in [9.17, 15) is 14.9 Å². The molecule has 1 aliphatic heterocycles. The van der Waals surface area contributed by atoms with E-state index in [-0.39, 0.29) is 18.1 Å². The van der Waals surface area contributed by atoms with Crippen LogP contribution in [0.4, 0.5) is 11.4 Å². The number of benzene rings is 1. The molecule has 7 heteroatoms. The van der Waals surface area contributed by atoms with Crippen LogP contribution in [0.25, 0.3) is 0 Å². The number of hydrogen-bond acceptors (Lipinski definition) is 5. The Morgan fingerprint density at radius 3 is 2.71 bits per heavy atom. The number of hydrogen-bond donors (Lipinski definition) is 2. The molecule has 1 aromatic carbocycles. The van der Waals surface area contributed by atoms with E-state index in [4.69, 9.17) is 0 Å². The second kappa shape index (κ2) is 8.75. The predicted molar refractivity (Wildman–Crippen MR) is 94.2 cm³/mol. The second-order valence-electron chi connectivity index (χ2n) is 6.39. The van der Waals surface area contributed by atoms with Crippen molar-refractivity contribution in [1.29, 1.82) is 0 Å². The maximum absolute atomic E-state index is 12.3. The van der Waals surface area contributed by atoms with Crippen molar-refractivity contribution in [2.24, 2.45) is 5.92 Å². The third-order valence-corrected chi connectivity index (χ3v) is 4.59. The molecule has 1 amide bonds. The largest absolute Gasteiger partial charge is 0.320 e. The fourth-order valence-electron chi connectivity index (χ4n) is 3.13. The lowest BCUT2D eigenvalue weighted by Crippen LogP contribution is -2.39. The summed E-state index contributed by atoms with van der Waals surface area (Å²) >= 11 is 0. The average molecular weight is 334 g/mol. The highest BCUT2D eigenvalue weighted by Gasteiger charge is 2.22. The number of nitro benzene ring substituents is 1. The molecule has 2 rings (SSSR count). The Balaban J connectivity index is 1.88. The molecule has 1 aliphatic rings. The normalized spacial score (nSPS) is 16.1. The fraction of sp³-hybridized carbons (Fsp3) is 0.588. The Morgan fingerprint density at radius 1 is 1.38 bits per heavy atom. The number of carbonyl (C=O) groups excluding carboxylic acids is 1. The highest BCUT2D eigenvalue weighted by atomic mass is 16.6. The number of aryl methyl sites for hydroxylation is 1. The molecule has 1 saturated heterocycles. The van der Waals surface area contributed by atoms with E-state index < -0.39 is 4.92 Å². The molecule has 0 atom stereocenters. The van der Waals surface area contributed by atoms with Gasteiger partial charge in [0.05, 0.1) is 11.5 Å². The average Bonchev–Trinajstić information content (AvgIpc) is 2.56. The van der Waals surface area contributed by atoms with Crippen molar-refractivity contribution in [2.45, 2.75) is 26.2 Å².